The lowest BCUT2D eigenvalue weighted by Crippen LogP contribution is -2.40. The number of nitrogens with one attached hydrogen (secondary N) is 1. The minimum absolute atomic E-state index is 0.114. The second kappa shape index (κ2) is 8.56. The van der Waals surface area contributed by atoms with Crippen molar-refractivity contribution in [2.45, 2.75) is 39.0 Å². The van der Waals surface area contributed by atoms with Crippen LogP contribution in [0, 0.1) is 17.8 Å². The maximum atomic E-state index is 12.3. The Morgan fingerprint density at radius 1 is 1.19 bits per heavy atom. The largest absolute Gasteiger partial charge is 0.497 e. The summed E-state index contributed by atoms with van der Waals surface area (Å²) in [6, 6.07) is 8.26. The molecule has 1 saturated carbocycles. The highest BCUT2D eigenvalue weighted by Crippen LogP contribution is 2.37. The average molecular weight is 358 g/mol. The van der Waals surface area contributed by atoms with Crippen molar-refractivity contribution in [3.05, 3.63) is 29.8 Å². The minimum atomic E-state index is 0.114. The number of nitrogens with zero attached hydrogens (tertiary/aromatic N) is 1. The predicted molar refractivity (Wildman–Crippen MR) is 101 cm³/mol. The zero-order valence-electron chi connectivity index (χ0n) is 15.9. The fraction of sp³-hybridized carbons (Fsp3) is 0.619. The second-order valence-electron chi connectivity index (χ2n) is 7.74. The molecule has 2 atom stereocenters. The maximum Gasteiger partial charge on any atom is 0.224 e. The number of carbonyl (C=O) groups is 2. The Balaban J connectivity index is 1.34. The Morgan fingerprint density at radius 2 is 1.85 bits per heavy atom. The van der Waals surface area contributed by atoms with Crippen LogP contribution in [0.4, 0.5) is 0 Å². The summed E-state index contributed by atoms with van der Waals surface area (Å²) >= 11 is 0. The van der Waals surface area contributed by atoms with E-state index in [0.717, 1.165) is 44.5 Å². The Hall–Kier alpha value is -2.04. The van der Waals surface area contributed by atoms with Gasteiger partial charge in [0.15, 0.2) is 0 Å². The number of hydrogen-bond donors (Lipinski definition) is 1. The minimum Gasteiger partial charge on any atom is -0.497 e. The van der Waals surface area contributed by atoms with E-state index in [1.165, 1.54) is 5.56 Å². The van der Waals surface area contributed by atoms with Crippen molar-refractivity contribution in [1.29, 1.82) is 0 Å². The van der Waals surface area contributed by atoms with E-state index in [2.05, 4.69) is 24.4 Å². The highest BCUT2D eigenvalue weighted by molar-refractivity contribution is 5.82. The standard InChI is InChI=1S/C21H30N2O3/c1-15-13-19(15)21(25)22-10-7-20(24)23-11-8-17(9-12-23)14-16-3-5-18(26-2)6-4-16/h3-6,15,17,19H,7-14H2,1-2H3,(H,22,25)/t15-,19+/m0/s1. The van der Waals surface area contributed by atoms with Crippen LogP contribution in [0.5, 0.6) is 5.75 Å². The molecule has 2 fully saturated rings. The summed E-state index contributed by atoms with van der Waals surface area (Å²) in [5.74, 6) is 2.48. The van der Waals surface area contributed by atoms with Crippen LogP contribution in [0.15, 0.2) is 24.3 Å². The highest BCUT2D eigenvalue weighted by Gasteiger charge is 2.38. The molecule has 1 aliphatic carbocycles. The first kappa shape index (κ1) is 18.7. The molecule has 0 spiro atoms. The van der Waals surface area contributed by atoms with Gasteiger partial charge in [-0.25, -0.2) is 0 Å². The summed E-state index contributed by atoms with van der Waals surface area (Å²) in [6.45, 7) is 4.21. The zero-order valence-corrected chi connectivity index (χ0v) is 15.9. The Bertz CT molecular complexity index is 621. The summed E-state index contributed by atoms with van der Waals surface area (Å²) < 4.78 is 5.20. The lowest BCUT2D eigenvalue weighted by molar-refractivity contribution is -0.132. The van der Waals surface area contributed by atoms with Gasteiger partial charge in [-0.05, 0) is 55.2 Å². The molecule has 2 amide bonds. The van der Waals surface area contributed by atoms with Gasteiger partial charge < -0.3 is 15.0 Å². The van der Waals surface area contributed by atoms with Gasteiger partial charge in [-0.3, -0.25) is 9.59 Å². The quantitative estimate of drug-likeness (QED) is 0.815. The molecule has 1 heterocycles. The van der Waals surface area contributed by atoms with Crippen LogP contribution in [0.25, 0.3) is 0 Å². The molecule has 1 aromatic carbocycles. The smallest absolute Gasteiger partial charge is 0.224 e. The summed E-state index contributed by atoms with van der Waals surface area (Å²) in [5.41, 5.74) is 1.33. The Morgan fingerprint density at radius 3 is 2.42 bits per heavy atom. The first-order chi connectivity index (χ1) is 12.6. The fourth-order valence-corrected chi connectivity index (χ4v) is 3.75. The van der Waals surface area contributed by atoms with E-state index in [9.17, 15) is 9.59 Å². The SMILES string of the molecule is COc1ccc(CC2CCN(C(=O)CCNC(=O)[C@@H]3C[C@@H]3C)CC2)cc1. The number of ether oxygens (including phenoxy) is 1. The van der Waals surface area contributed by atoms with Crippen LogP contribution in [0.1, 0.15) is 38.2 Å². The molecule has 0 aromatic heterocycles. The van der Waals surface area contributed by atoms with Gasteiger partial charge in [-0.2, -0.15) is 0 Å². The molecule has 1 aliphatic heterocycles. The molecule has 1 aromatic rings. The van der Waals surface area contributed by atoms with Crippen LogP contribution in [0.3, 0.4) is 0 Å². The summed E-state index contributed by atoms with van der Waals surface area (Å²) in [4.78, 5) is 26.1. The lowest BCUT2D eigenvalue weighted by Gasteiger charge is -2.32. The van der Waals surface area contributed by atoms with Crippen molar-refractivity contribution in [3.8, 4) is 5.75 Å². The highest BCUT2D eigenvalue weighted by atomic mass is 16.5. The average Bonchev–Trinajstić information content (AvgIpc) is 3.39. The molecule has 2 aliphatic rings. The van der Waals surface area contributed by atoms with Crippen LogP contribution < -0.4 is 10.1 Å². The number of piperidine rings is 1. The van der Waals surface area contributed by atoms with Crippen molar-refractivity contribution in [3.63, 3.8) is 0 Å². The first-order valence-corrected chi connectivity index (χ1v) is 9.75. The van der Waals surface area contributed by atoms with Gasteiger partial charge in [0.1, 0.15) is 5.75 Å². The zero-order chi connectivity index (χ0) is 18.5. The summed E-state index contributed by atoms with van der Waals surface area (Å²) in [5, 5.41) is 2.90. The van der Waals surface area contributed by atoms with Gasteiger partial charge in [0.25, 0.3) is 0 Å². The van der Waals surface area contributed by atoms with E-state index in [4.69, 9.17) is 4.74 Å². The van der Waals surface area contributed by atoms with Crippen molar-refractivity contribution >= 4 is 11.8 Å². The monoisotopic (exact) mass is 358 g/mol. The topological polar surface area (TPSA) is 58.6 Å². The second-order valence-corrected chi connectivity index (χ2v) is 7.74. The molecule has 26 heavy (non-hydrogen) atoms. The van der Waals surface area contributed by atoms with E-state index in [1.807, 2.05) is 17.0 Å². The number of carbonyl (C=O) groups excluding carboxylic acids is 2. The fourth-order valence-electron chi connectivity index (χ4n) is 3.75. The molecule has 1 N–H and O–H groups in total. The molecule has 0 radical (unpaired) electrons. The molecule has 3 rings (SSSR count). The normalized spacial score (nSPS) is 22.8. The number of hydrogen-bond acceptors (Lipinski definition) is 3. The van der Waals surface area contributed by atoms with E-state index in [0.29, 0.717) is 24.8 Å². The maximum absolute atomic E-state index is 12.3. The molecule has 1 saturated heterocycles. The third-order valence-electron chi connectivity index (χ3n) is 5.74. The van der Waals surface area contributed by atoms with Gasteiger partial charge in [0.2, 0.25) is 11.8 Å². The molecular formula is C21H30N2O3. The van der Waals surface area contributed by atoms with E-state index in [1.54, 1.807) is 7.11 Å². The number of rotatable bonds is 7. The Labute approximate surface area is 156 Å². The van der Waals surface area contributed by atoms with Crippen LogP contribution in [-0.2, 0) is 16.0 Å². The van der Waals surface area contributed by atoms with E-state index in [-0.39, 0.29) is 17.7 Å². The van der Waals surface area contributed by atoms with Crippen LogP contribution in [-0.4, -0.2) is 43.5 Å². The van der Waals surface area contributed by atoms with Crippen LogP contribution in [0.2, 0.25) is 0 Å². The first-order valence-electron chi connectivity index (χ1n) is 9.75. The lowest BCUT2D eigenvalue weighted by atomic mass is 9.90. The molecule has 0 unspecified atom stereocenters. The Kier molecular flexibility index (Phi) is 6.17. The molecule has 0 bridgehead atoms. The van der Waals surface area contributed by atoms with Crippen molar-refractivity contribution in [2.24, 2.45) is 17.8 Å². The molecule has 5 heteroatoms. The van der Waals surface area contributed by atoms with Crippen molar-refractivity contribution in [1.82, 2.24) is 10.2 Å². The number of benzene rings is 1. The van der Waals surface area contributed by atoms with E-state index < -0.39 is 0 Å². The number of likely N-dealkylation sites (tertiary alicyclic amines) is 1. The van der Waals surface area contributed by atoms with Gasteiger partial charge in [-0.15, -0.1) is 0 Å². The number of amides is 2. The van der Waals surface area contributed by atoms with E-state index >= 15 is 0 Å². The molecule has 5 nitrogen and oxygen atoms in total. The van der Waals surface area contributed by atoms with Gasteiger partial charge in [0.05, 0.1) is 7.11 Å². The van der Waals surface area contributed by atoms with Crippen molar-refractivity contribution < 1.29 is 14.3 Å². The predicted octanol–water partition coefficient (Wildman–Crippen LogP) is 2.64. The van der Waals surface area contributed by atoms with Crippen molar-refractivity contribution in [2.75, 3.05) is 26.7 Å². The third-order valence-corrected chi connectivity index (χ3v) is 5.74. The summed E-state index contributed by atoms with van der Waals surface area (Å²) in [6.07, 6.45) is 4.55. The third kappa shape index (κ3) is 4.99. The summed E-state index contributed by atoms with van der Waals surface area (Å²) in [7, 11) is 1.68. The van der Waals surface area contributed by atoms with Crippen LogP contribution >= 0.6 is 0 Å². The number of methoxy groups -OCH3 is 1. The molecular weight excluding hydrogens is 328 g/mol. The van der Waals surface area contributed by atoms with Gasteiger partial charge in [0, 0.05) is 32.0 Å². The van der Waals surface area contributed by atoms with Gasteiger partial charge >= 0.3 is 0 Å². The van der Waals surface area contributed by atoms with Gasteiger partial charge in [-0.1, -0.05) is 19.1 Å². The molecule has 142 valence electrons.